The molecule has 1 aromatic carbocycles. The highest BCUT2D eigenvalue weighted by Crippen LogP contribution is 2.24. The highest BCUT2D eigenvalue weighted by molar-refractivity contribution is 5.80. The van der Waals surface area contributed by atoms with Gasteiger partial charge in [-0.15, -0.1) is 0 Å². The van der Waals surface area contributed by atoms with Crippen LogP contribution in [-0.2, 0) is 20.9 Å². The second-order valence-electron chi connectivity index (χ2n) is 7.32. The van der Waals surface area contributed by atoms with Gasteiger partial charge in [-0.05, 0) is 49.9 Å². The minimum atomic E-state index is -0.226. The Morgan fingerprint density at radius 3 is 2.42 bits per heavy atom. The van der Waals surface area contributed by atoms with Crippen molar-refractivity contribution in [2.45, 2.75) is 32.2 Å². The zero-order valence-corrected chi connectivity index (χ0v) is 15.3. The predicted molar refractivity (Wildman–Crippen MR) is 95.7 cm³/mol. The fourth-order valence-corrected chi connectivity index (χ4v) is 4.01. The first kappa shape index (κ1) is 18.8. The fourth-order valence-electron chi connectivity index (χ4n) is 4.01. The predicted octanol–water partition coefficient (Wildman–Crippen LogP) is 2.45. The average molecular weight is 362 g/mol. The Hall–Kier alpha value is -1.95. The molecule has 2 aliphatic heterocycles. The summed E-state index contributed by atoms with van der Waals surface area (Å²) >= 11 is 0. The summed E-state index contributed by atoms with van der Waals surface area (Å²) in [4.78, 5) is 28.7. The smallest absolute Gasteiger partial charge is 0.308 e. The van der Waals surface area contributed by atoms with Crippen LogP contribution in [0.1, 0.15) is 31.2 Å². The lowest BCUT2D eigenvalue weighted by atomic mass is 9.92. The molecule has 1 atom stereocenters. The van der Waals surface area contributed by atoms with E-state index in [1.165, 1.54) is 19.2 Å². The summed E-state index contributed by atoms with van der Waals surface area (Å²) in [6.07, 6.45) is 3.28. The van der Waals surface area contributed by atoms with Gasteiger partial charge in [-0.2, -0.15) is 0 Å². The van der Waals surface area contributed by atoms with Crippen molar-refractivity contribution in [3.63, 3.8) is 0 Å². The van der Waals surface area contributed by atoms with E-state index in [1.807, 2.05) is 4.90 Å². The largest absolute Gasteiger partial charge is 0.469 e. The van der Waals surface area contributed by atoms with Crippen molar-refractivity contribution < 1.29 is 18.7 Å². The third kappa shape index (κ3) is 4.61. The molecule has 142 valence electrons. The maximum atomic E-state index is 13.0. The van der Waals surface area contributed by atoms with Gasteiger partial charge < -0.3 is 9.64 Å². The van der Waals surface area contributed by atoms with Crippen LogP contribution in [0.5, 0.6) is 0 Å². The topological polar surface area (TPSA) is 49.9 Å². The summed E-state index contributed by atoms with van der Waals surface area (Å²) in [7, 11) is 1.41. The van der Waals surface area contributed by atoms with Crippen molar-refractivity contribution in [2.24, 2.45) is 11.8 Å². The Morgan fingerprint density at radius 2 is 1.77 bits per heavy atom. The Morgan fingerprint density at radius 1 is 1.08 bits per heavy atom. The number of benzene rings is 1. The van der Waals surface area contributed by atoms with E-state index >= 15 is 0 Å². The number of hydrogen-bond donors (Lipinski definition) is 0. The Kier molecular flexibility index (Phi) is 6.25. The van der Waals surface area contributed by atoms with Gasteiger partial charge in [0.05, 0.1) is 18.9 Å². The number of amides is 1. The molecule has 0 spiro atoms. The fraction of sp³-hybridized carbons (Fsp3) is 0.600. The molecule has 0 radical (unpaired) electrons. The van der Waals surface area contributed by atoms with Gasteiger partial charge in [0.25, 0.3) is 0 Å². The quantitative estimate of drug-likeness (QED) is 0.772. The third-order valence-electron chi connectivity index (χ3n) is 5.52. The van der Waals surface area contributed by atoms with Crippen LogP contribution in [0.2, 0.25) is 0 Å². The number of ether oxygens (including phenoxy) is 1. The Bertz CT molecular complexity index is 626. The van der Waals surface area contributed by atoms with E-state index in [4.69, 9.17) is 4.74 Å². The molecule has 1 amide bonds. The van der Waals surface area contributed by atoms with Gasteiger partial charge in [-0.25, -0.2) is 4.39 Å². The lowest BCUT2D eigenvalue weighted by Gasteiger charge is -2.37. The highest BCUT2D eigenvalue weighted by atomic mass is 19.1. The second kappa shape index (κ2) is 8.62. The molecule has 0 N–H and O–H groups in total. The summed E-state index contributed by atoms with van der Waals surface area (Å²) in [6.45, 7) is 3.72. The molecule has 2 saturated heterocycles. The standard InChI is InChI=1S/C20H27FN2O3/c1-26-20(25)16-8-11-23(12-9-16)19(24)17-3-2-10-22(14-17)13-15-4-6-18(21)7-5-15/h4-7,16-17H,2-3,8-14H2,1H3. The Balaban J connectivity index is 1.51. The number of carbonyl (C=O) groups is 2. The molecule has 0 saturated carbocycles. The first-order valence-electron chi connectivity index (χ1n) is 9.40. The number of nitrogens with zero attached hydrogens (tertiary/aromatic N) is 2. The third-order valence-corrected chi connectivity index (χ3v) is 5.52. The van der Waals surface area contributed by atoms with Gasteiger partial charge >= 0.3 is 5.97 Å². The van der Waals surface area contributed by atoms with Crippen LogP contribution in [0, 0.1) is 17.7 Å². The maximum Gasteiger partial charge on any atom is 0.308 e. The van der Waals surface area contributed by atoms with E-state index in [2.05, 4.69) is 4.90 Å². The highest BCUT2D eigenvalue weighted by Gasteiger charge is 2.33. The molecular weight excluding hydrogens is 335 g/mol. The van der Waals surface area contributed by atoms with Crippen LogP contribution in [0.15, 0.2) is 24.3 Å². The minimum Gasteiger partial charge on any atom is -0.469 e. The summed E-state index contributed by atoms with van der Waals surface area (Å²) in [5, 5.41) is 0. The van der Waals surface area contributed by atoms with Crippen LogP contribution < -0.4 is 0 Å². The molecule has 1 unspecified atom stereocenters. The molecule has 2 fully saturated rings. The molecule has 2 aliphatic rings. The van der Waals surface area contributed by atoms with Crippen molar-refractivity contribution in [3.05, 3.63) is 35.6 Å². The van der Waals surface area contributed by atoms with Crippen molar-refractivity contribution in [3.8, 4) is 0 Å². The van der Waals surface area contributed by atoms with E-state index in [0.717, 1.165) is 38.0 Å². The van der Waals surface area contributed by atoms with Crippen LogP contribution >= 0.6 is 0 Å². The molecule has 2 heterocycles. The lowest BCUT2D eigenvalue weighted by molar-refractivity contribution is -0.150. The lowest BCUT2D eigenvalue weighted by Crippen LogP contribution is -2.47. The summed E-state index contributed by atoms with van der Waals surface area (Å²) in [6, 6.07) is 6.57. The van der Waals surface area contributed by atoms with Crippen LogP contribution in [0.4, 0.5) is 4.39 Å². The molecule has 1 aromatic rings. The molecule has 3 rings (SSSR count). The Labute approximate surface area is 154 Å². The molecule has 6 heteroatoms. The molecule has 0 aromatic heterocycles. The summed E-state index contributed by atoms with van der Waals surface area (Å²) < 4.78 is 17.9. The first-order valence-corrected chi connectivity index (χ1v) is 9.40. The van der Waals surface area contributed by atoms with Crippen LogP contribution in [0.3, 0.4) is 0 Å². The van der Waals surface area contributed by atoms with Crippen molar-refractivity contribution in [2.75, 3.05) is 33.3 Å². The van der Waals surface area contributed by atoms with E-state index in [0.29, 0.717) is 25.9 Å². The summed E-state index contributed by atoms with van der Waals surface area (Å²) in [5.74, 6) is -0.252. The average Bonchev–Trinajstić information content (AvgIpc) is 2.69. The van der Waals surface area contributed by atoms with Crippen LogP contribution in [-0.4, -0.2) is 55.0 Å². The molecule has 26 heavy (non-hydrogen) atoms. The van der Waals surface area contributed by atoms with Gasteiger partial charge in [0, 0.05) is 26.2 Å². The SMILES string of the molecule is COC(=O)C1CCN(C(=O)C2CCCN(Cc3ccc(F)cc3)C2)CC1. The van der Waals surface area contributed by atoms with Gasteiger partial charge in [0.15, 0.2) is 0 Å². The summed E-state index contributed by atoms with van der Waals surface area (Å²) in [5.41, 5.74) is 1.07. The number of halogens is 1. The van der Waals surface area contributed by atoms with E-state index in [1.54, 1.807) is 12.1 Å². The van der Waals surface area contributed by atoms with E-state index in [9.17, 15) is 14.0 Å². The maximum absolute atomic E-state index is 13.0. The number of piperidine rings is 2. The number of rotatable bonds is 4. The van der Waals surface area contributed by atoms with E-state index < -0.39 is 0 Å². The number of carbonyl (C=O) groups excluding carboxylic acids is 2. The zero-order valence-electron chi connectivity index (χ0n) is 15.3. The van der Waals surface area contributed by atoms with Crippen molar-refractivity contribution >= 4 is 11.9 Å². The number of methoxy groups -OCH3 is 1. The van der Waals surface area contributed by atoms with Gasteiger partial charge in [0.2, 0.25) is 5.91 Å². The normalized spacial score (nSPS) is 22.2. The number of esters is 1. The van der Waals surface area contributed by atoms with Gasteiger partial charge in [-0.1, -0.05) is 12.1 Å². The minimum absolute atomic E-state index is 0.0128. The van der Waals surface area contributed by atoms with Crippen molar-refractivity contribution in [1.82, 2.24) is 9.80 Å². The first-order chi connectivity index (χ1) is 12.6. The monoisotopic (exact) mass is 362 g/mol. The number of likely N-dealkylation sites (tertiary alicyclic amines) is 2. The number of hydrogen-bond acceptors (Lipinski definition) is 4. The second-order valence-corrected chi connectivity index (χ2v) is 7.32. The van der Waals surface area contributed by atoms with Crippen LogP contribution in [0.25, 0.3) is 0 Å². The van der Waals surface area contributed by atoms with Crippen molar-refractivity contribution in [1.29, 1.82) is 0 Å². The van der Waals surface area contributed by atoms with Gasteiger partial charge in [-0.3, -0.25) is 14.5 Å². The van der Waals surface area contributed by atoms with E-state index in [-0.39, 0.29) is 29.5 Å². The zero-order chi connectivity index (χ0) is 18.5. The molecule has 5 nitrogen and oxygen atoms in total. The van der Waals surface area contributed by atoms with Gasteiger partial charge in [0.1, 0.15) is 5.82 Å². The molecular formula is C20H27FN2O3. The molecule has 0 aliphatic carbocycles. The molecule has 0 bridgehead atoms.